The number of nitrogens with zero attached hydrogens (tertiary/aromatic N) is 1. The number of halogens is 2. The molecule has 3 rings (SSSR count). The summed E-state index contributed by atoms with van der Waals surface area (Å²) >= 11 is 6.91. The maximum Gasteiger partial charge on any atom is 0.259 e. The van der Waals surface area contributed by atoms with Gasteiger partial charge in [0.1, 0.15) is 5.82 Å². The Labute approximate surface area is 156 Å². The number of pyridine rings is 1. The van der Waals surface area contributed by atoms with Crippen molar-refractivity contribution in [2.45, 2.75) is 0 Å². The van der Waals surface area contributed by atoms with Crippen LogP contribution in [0, 0.1) is 0 Å². The number of para-hydroxylation sites is 2. The predicted molar refractivity (Wildman–Crippen MR) is 104 cm³/mol. The minimum Gasteiger partial charge on any atom is -0.339 e. The first-order chi connectivity index (χ1) is 11.6. The third kappa shape index (κ3) is 3.83. The summed E-state index contributed by atoms with van der Waals surface area (Å²) in [6.45, 7) is 0. The van der Waals surface area contributed by atoms with Crippen molar-refractivity contribution in [1.82, 2.24) is 4.98 Å². The van der Waals surface area contributed by atoms with Gasteiger partial charge in [0.15, 0.2) is 0 Å². The number of carbonyl (C=O) groups is 1. The number of hydrogen-bond donors (Lipinski definition) is 2. The minimum absolute atomic E-state index is 0.232. The summed E-state index contributed by atoms with van der Waals surface area (Å²) in [7, 11) is 0. The summed E-state index contributed by atoms with van der Waals surface area (Å²) in [5.41, 5.74) is 2.01. The molecule has 0 aliphatic carbocycles. The van der Waals surface area contributed by atoms with E-state index in [1.807, 2.05) is 48.5 Å². The van der Waals surface area contributed by atoms with E-state index >= 15 is 0 Å². The Morgan fingerprint density at radius 2 is 1.46 bits per heavy atom. The first kappa shape index (κ1) is 16.7. The molecule has 0 aliphatic heterocycles. The molecule has 2 aromatic carbocycles. The molecule has 0 saturated carbocycles. The quantitative estimate of drug-likeness (QED) is 0.548. The summed E-state index contributed by atoms with van der Waals surface area (Å²) in [6.07, 6.45) is 1.65. The second kappa shape index (κ2) is 7.59. The van der Waals surface area contributed by atoms with Gasteiger partial charge in [0.25, 0.3) is 5.91 Å². The molecule has 0 spiro atoms. The summed E-state index contributed by atoms with van der Waals surface area (Å²) in [4.78, 5) is 16.9. The van der Waals surface area contributed by atoms with Crippen molar-refractivity contribution in [1.29, 1.82) is 0 Å². The van der Waals surface area contributed by atoms with Crippen molar-refractivity contribution < 1.29 is 4.79 Å². The van der Waals surface area contributed by atoms with E-state index in [0.29, 0.717) is 17.1 Å². The van der Waals surface area contributed by atoms with Crippen molar-refractivity contribution >= 4 is 55.0 Å². The fourth-order valence-electron chi connectivity index (χ4n) is 2.13. The zero-order valence-electron chi connectivity index (χ0n) is 12.5. The third-order valence-electron chi connectivity index (χ3n) is 3.30. The van der Waals surface area contributed by atoms with Crippen LogP contribution in [0.1, 0.15) is 10.4 Å². The predicted octanol–water partition coefficient (Wildman–Crippen LogP) is 5.60. The van der Waals surface area contributed by atoms with E-state index in [1.54, 1.807) is 18.3 Å². The van der Waals surface area contributed by atoms with Crippen LogP contribution in [0.15, 0.2) is 75.8 Å². The summed E-state index contributed by atoms with van der Waals surface area (Å²) < 4.78 is 1.72. The number of hydrogen-bond acceptors (Lipinski definition) is 3. The van der Waals surface area contributed by atoms with E-state index in [4.69, 9.17) is 0 Å². The van der Waals surface area contributed by atoms with Gasteiger partial charge in [-0.25, -0.2) is 4.98 Å². The molecule has 120 valence electrons. The fourth-order valence-corrected chi connectivity index (χ4v) is 2.90. The van der Waals surface area contributed by atoms with E-state index in [9.17, 15) is 4.79 Å². The van der Waals surface area contributed by atoms with E-state index in [0.717, 1.165) is 14.6 Å². The Bertz CT molecular complexity index is 883. The Balaban J connectivity index is 1.88. The van der Waals surface area contributed by atoms with E-state index < -0.39 is 0 Å². The lowest BCUT2D eigenvalue weighted by Crippen LogP contribution is -2.15. The van der Waals surface area contributed by atoms with Crippen LogP contribution in [0.4, 0.5) is 17.2 Å². The summed E-state index contributed by atoms with van der Waals surface area (Å²) in [6, 6.07) is 18.6. The Morgan fingerprint density at radius 3 is 2.12 bits per heavy atom. The molecule has 4 nitrogen and oxygen atoms in total. The highest BCUT2D eigenvalue weighted by molar-refractivity contribution is 9.11. The fraction of sp³-hybridized carbons (Fsp3) is 0. The number of carbonyl (C=O) groups excluding carboxylic acids is 1. The van der Waals surface area contributed by atoms with Crippen LogP contribution in [0.2, 0.25) is 0 Å². The Morgan fingerprint density at radius 1 is 0.833 bits per heavy atom. The molecule has 0 radical (unpaired) electrons. The molecular formula is C18H13Br2N3O. The number of amides is 1. The van der Waals surface area contributed by atoms with Crippen LogP contribution in [-0.2, 0) is 0 Å². The van der Waals surface area contributed by atoms with Crippen LogP contribution >= 0.6 is 31.9 Å². The SMILES string of the molecule is O=C(Nc1ccccc1Br)c1cccnc1Nc1ccccc1Br. The van der Waals surface area contributed by atoms with Crippen molar-refractivity contribution in [2.24, 2.45) is 0 Å². The first-order valence-electron chi connectivity index (χ1n) is 7.17. The highest BCUT2D eigenvalue weighted by atomic mass is 79.9. The molecule has 6 heteroatoms. The van der Waals surface area contributed by atoms with Gasteiger partial charge in [0.2, 0.25) is 0 Å². The molecule has 1 amide bonds. The molecule has 3 aromatic rings. The number of nitrogens with one attached hydrogen (secondary N) is 2. The normalized spacial score (nSPS) is 10.2. The molecule has 0 atom stereocenters. The topological polar surface area (TPSA) is 54.0 Å². The molecule has 24 heavy (non-hydrogen) atoms. The van der Waals surface area contributed by atoms with Gasteiger partial charge >= 0.3 is 0 Å². The second-order valence-electron chi connectivity index (χ2n) is 4.94. The Kier molecular flexibility index (Phi) is 5.27. The molecular weight excluding hydrogens is 434 g/mol. The molecule has 0 fully saturated rings. The lowest BCUT2D eigenvalue weighted by molar-refractivity contribution is 0.102. The van der Waals surface area contributed by atoms with Crippen molar-refractivity contribution in [2.75, 3.05) is 10.6 Å². The van der Waals surface area contributed by atoms with Crippen molar-refractivity contribution in [3.63, 3.8) is 0 Å². The van der Waals surface area contributed by atoms with E-state index in [-0.39, 0.29) is 5.91 Å². The highest BCUT2D eigenvalue weighted by Gasteiger charge is 2.14. The zero-order chi connectivity index (χ0) is 16.9. The third-order valence-corrected chi connectivity index (χ3v) is 4.68. The van der Waals surface area contributed by atoms with Gasteiger partial charge < -0.3 is 10.6 Å². The molecule has 0 saturated heterocycles. The average Bonchev–Trinajstić information content (AvgIpc) is 2.59. The van der Waals surface area contributed by atoms with Crippen molar-refractivity contribution in [3.8, 4) is 0 Å². The first-order valence-corrected chi connectivity index (χ1v) is 8.76. The maximum atomic E-state index is 12.6. The van der Waals surface area contributed by atoms with Crippen LogP contribution in [0.5, 0.6) is 0 Å². The van der Waals surface area contributed by atoms with Gasteiger partial charge in [-0.1, -0.05) is 24.3 Å². The summed E-state index contributed by atoms with van der Waals surface area (Å²) in [5.74, 6) is 0.263. The lowest BCUT2D eigenvalue weighted by Gasteiger charge is -2.13. The van der Waals surface area contributed by atoms with Gasteiger partial charge in [0.05, 0.1) is 16.9 Å². The molecule has 1 aromatic heterocycles. The number of benzene rings is 2. The molecule has 0 unspecified atom stereocenters. The number of anilines is 3. The van der Waals surface area contributed by atoms with Crippen LogP contribution < -0.4 is 10.6 Å². The number of aromatic nitrogens is 1. The zero-order valence-corrected chi connectivity index (χ0v) is 15.6. The van der Waals surface area contributed by atoms with E-state index in [1.165, 1.54) is 0 Å². The van der Waals surface area contributed by atoms with E-state index in [2.05, 4.69) is 47.5 Å². The second-order valence-corrected chi connectivity index (χ2v) is 6.65. The van der Waals surface area contributed by atoms with Crippen LogP contribution in [-0.4, -0.2) is 10.9 Å². The van der Waals surface area contributed by atoms with Gasteiger partial charge in [0, 0.05) is 15.1 Å². The molecule has 2 N–H and O–H groups in total. The Hall–Kier alpha value is -2.18. The van der Waals surface area contributed by atoms with Gasteiger partial charge in [-0.3, -0.25) is 4.79 Å². The van der Waals surface area contributed by atoms with Gasteiger partial charge in [-0.05, 0) is 68.3 Å². The van der Waals surface area contributed by atoms with Crippen LogP contribution in [0.3, 0.4) is 0 Å². The monoisotopic (exact) mass is 445 g/mol. The van der Waals surface area contributed by atoms with Crippen molar-refractivity contribution in [3.05, 3.63) is 81.4 Å². The standard InChI is InChI=1S/C18H13Br2N3O/c19-13-7-1-3-9-15(13)22-17-12(6-5-11-21-17)18(24)23-16-10-4-2-8-14(16)20/h1-11H,(H,21,22)(H,23,24). The average molecular weight is 447 g/mol. The molecule has 1 heterocycles. The largest absolute Gasteiger partial charge is 0.339 e. The smallest absolute Gasteiger partial charge is 0.259 e. The van der Waals surface area contributed by atoms with Crippen LogP contribution in [0.25, 0.3) is 0 Å². The lowest BCUT2D eigenvalue weighted by atomic mass is 10.2. The molecule has 0 aliphatic rings. The minimum atomic E-state index is -0.232. The van der Waals surface area contributed by atoms with Gasteiger partial charge in [-0.2, -0.15) is 0 Å². The number of rotatable bonds is 4. The summed E-state index contributed by atoms with van der Waals surface area (Å²) in [5, 5.41) is 6.08. The maximum absolute atomic E-state index is 12.6. The highest BCUT2D eigenvalue weighted by Crippen LogP contribution is 2.27. The van der Waals surface area contributed by atoms with Gasteiger partial charge in [-0.15, -0.1) is 0 Å². The molecule has 0 bridgehead atoms.